The smallest absolute Gasteiger partial charge is 0.264 e. The third-order valence-electron chi connectivity index (χ3n) is 5.73. The molecule has 0 aromatic heterocycles. The molecule has 3 rings (SSSR count). The van der Waals surface area contributed by atoms with Crippen LogP contribution < -0.4 is 9.62 Å². The molecule has 0 saturated heterocycles. The number of sulfonamides is 1. The average molecular weight is 546 g/mol. The van der Waals surface area contributed by atoms with Crippen molar-refractivity contribution in [1.29, 1.82) is 0 Å². The molecule has 0 heterocycles. The maximum absolute atomic E-state index is 13.8. The molecule has 0 radical (unpaired) electrons. The van der Waals surface area contributed by atoms with Crippen LogP contribution in [-0.2, 0) is 26.2 Å². The number of rotatable bonds is 11. The molecule has 1 unspecified atom stereocenters. The highest BCUT2D eigenvalue weighted by Gasteiger charge is 2.33. The van der Waals surface area contributed by atoms with Crippen LogP contribution in [0.1, 0.15) is 25.8 Å². The summed E-state index contributed by atoms with van der Waals surface area (Å²) in [7, 11) is -4.19. The quantitative estimate of drug-likeness (QED) is 0.381. The van der Waals surface area contributed by atoms with Gasteiger partial charge in [0.2, 0.25) is 11.8 Å². The zero-order valence-electron chi connectivity index (χ0n) is 20.6. The molecule has 10 heteroatoms. The monoisotopic (exact) mass is 545 g/mol. The van der Waals surface area contributed by atoms with Gasteiger partial charge < -0.3 is 10.2 Å². The summed E-state index contributed by atoms with van der Waals surface area (Å²) in [5.41, 5.74) is 0.843. The van der Waals surface area contributed by atoms with Crippen molar-refractivity contribution >= 4 is 39.1 Å². The minimum absolute atomic E-state index is 0.0212. The molecule has 0 bridgehead atoms. The van der Waals surface area contributed by atoms with E-state index in [0.717, 1.165) is 22.0 Å². The molecule has 0 aliphatic rings. The molecule has 1 N–H and O–H groups in total. The molecule has 7 nitrogen and oxygen atoms in total. The van der Waals surface area contributed by atoms with Crippen LogP contribution in [0.25, 0.3) is 0 Å². The number of carbonyl (C=O) groups is 2. The standard InChI is InChI=1S/C27H29ClFN3O4S/c1-3-25(27(34)30-4-2)31(18-20-10-12-21(28)13-11-20)26(33)19-32(23-16-14-22(29)15-17-23)37(35,36)24-8-6-5-7-9-24/h5-17,25H,3-4,18-19H2,1-2H3,(H,30,34). The molecule has 0 aliphatic carbocycles. The van der Waals surface area contributed by atoms with E-state index in [0.29, 0.717) is 18.0 Å². The van der Waals surface area contributed by atoms with E-state index in [9.17, 15) is 22.4 Å². The number of nitrogens with one attached hydrogen (secondary N) is 1. The van der Waals surface area contributed by atoms with Gasteiger partial charge in [-0.25, -0.2) is 12.8 Å². The summed E-state index contributed by atoms with van der Waals surface area (Å²) in [5.74, 6) is -1.47. The van der Waals surface area contributed by atoms with Crippen LogP contribution in [0.3, 0.4) is 0 Å². The predicted octanol–water partition coefficient (Wildman–Crippen LogP) is 4.62. The van der Waals surface area contributed by atoms with Crippen LogP contribution in [0.5, 0.6) is 0 Å². The second kappa shape index (κ2) is 12.7. The van der Waals surface area contributed by atoms with Crippen LogP contribution >= 0.6 is 11.6 Å². The Bertz CT molecular complexity index is 1300. The minimum atomic E-state index is -4.19. The minimum Gasteiger partial charge on any atom is -0.355 e. The van der Waals surface area contributed by atoms with Gasteiger partial charge in [0, 0.05) is 18.1 Å². The first kappa shape index (κ1) is 28.1. The van der Waals surface area contributed by atoms with Gasteiger partial charge in [0.25, 0.3) is 10.0 Å². The van der Waals surface area contributed by atoms with Crippen LogP contribution in [0.2, 0.25) is 5.02 Å². The number of likely N-dealkylation sites (N-methyl/N-ethyl adjacent to an activating group) is 1. The second-order valence-corrected chi connectivity index (χ2v) is 10.6. The van der Waals surface area contributed by atoms with E-state index >= 15 is 0 Å². The molecule has 2 amide bonds. The van der Waals surface area contributed by atoms with Crippen molar-refractivity contribution < 1.29 is 22.4 Å². The SMILES string of the molecule is CCNC(=O)C(CC)N(Cc1ccc(Cl)cc1)C(=O)CN(c1ccc(F)cc1)S(=O)(=O)c1ccccc1. The third-order valence-corrected chi connectivity index (χ3v) is 7.77. The maximum Gasteiger partial charge on any atom is 0.264 e. The van der Waals surface area contributed by atoms with Crippen LogP contribution in [0, 0.1) is 5.82 Å². The van der Waals surface area contributed by atoms with Gasteiger partial charge >= 0.3 is 0 Å². The van der Waals surface area contributed by atoms with Crippen molar-refractivity contribution in [2.45, 2.75) is 37.8 Å². The van der Waals surface area contributed by atoms with Gasteiger partial charge in [0.05, 0.1) is 10.6 Å². The van der Waals surface area contributed by atoms with Gasteiger partial charge in [-0.05, 0) is 67.4 Å². The Hall–Kier alpha value is -3.43. The summed E-state index contributed by atoms with van der Waals surface area (Å²) < 4.78 is 41.8. The number of hydrogen-bond donors (Lipinski definition) is 1. The summed E-state index contributed by atoms with van der Waals surface area (Å²) in [6, 6.07) is 18.5. The lowest BCUT2D eigenvalue weighted by molar-refractivity contribution is -0.140. The summed E-state index contributed by atoms with van der Waals surface area (Å²) >= 11 is 6.00. The summed E-state index contributed by atoms with van der Waals surface area (Å²) in [6.07, 6.45) is 0.313. The van der Waals surface area contributed by atoms with Crippen molar-refractivity contribution in [1.82, 2.24) is 10.2 Å². The molecule has 0 spiro atoms. The normalized spacial score (nSPS) is 12.0. The molecule has 1 atom stereocenters. The van der Waals surface area contributed by atoms with Gasteiger partial charge in [-0.3, -0.25) is 13.9 Å². The van der Waals surface area contributed by atoms with E-state index < -0.39 is 34.3 Å². The molecule has 0 saturated carbocycles. The lowest BCUT2D eigenvalue weighted by atomic mass is 10.1. The van der Waals surface area contributed by atoms with Gasteiger partial charge in [-0.1, -0.05) is 48.9 Å². The van der Waals surface area contributed by atoms with E-state index in [-0.39, 0.29) is 23.0 Å². The molecule has 3 aromatic carbocycles. The number of benzene rings is 3. The average Bonchev–Trinajstić information content (AvgIpc) is 2.89. The van der Waals surface area contributed by atoms with E-state index in [1.165, 1.54) is 29.2 Å². The zero-order valence-corrected chi connectivity index (χ0v) is 22.2. The number of hydrogen-bond acceptors (Lipinski definition) is 4. The first-order valence-electron chi connectivity index (χ1n) is 11.8. The fraction of sp³-hybridized carbons (Fsp3) is 0.259. The van der Waals surface area contributed by atoms with E-state index in [2.05, 4.69) is 5.32 Å². The van der Waals surface area contributed by atoms with Crippen molar-refractivity contribution in [3.05, 3.63) is 95.3 Å². The summed E-state index contributed by atoms with van der Waals surface area (Å²) in [6.45, 7) is 3.40. The molecule has 37 heavy (non-hydrogen) atoms. The lowest BCUT2D eigenvalue weighted by Crippen LogP contribution is -2.52. The van der Waals surface area contributed by atoms with Gasteiger partial charge in [-0.15, -0.1) is 0 Å². The Balaban J connectivity index is 2.03. The Morgan fingerprint density at radius 2 is 1.57 bits per heavy atom. The zero-order chi connectivity index (χ0) is 27.0. The fourth-order valence-electron chi connectivity index (χ4n) is 3.85. The van der Waals surface area contributed by atoms with Crippen LogP contribution in [0.15, 0.2) is 83.8 Å². The Morgan fingerprint density at radius 1 is 0.946 bits per heavy atom. The molecule has 0 fully saturated rings. The number of nitrogens with zero attached hydrogens (tertiary/aromatic N) is 2. The first-order chi connectivity index (χ1) is 17.7. The van der Waals surface area contributed by atoms with Crippen molar-refractivity contribution in [2.24, 2.45) is 0 Å². The maximum atomic E-state index is 13.8. The van der Waals surface area contributed by atoms with E-state index in [4.69, 9.17) is 11.6 Å². The van der Waals surface area contributed by atoms with Crippen LogP contribution in [0.4, 0.5) is 10.1 Å². The Kier molecular flexibility index (Phi) is 9.66. The van der Waals surface area contributed by atoms with Crippen LogP contribution in [-0.4, -0.2) is 44.3 Å². The fourth-order valence-corrected chi connectivity index (χ4v) is 5.42. The van der Waals surface area contributed by atoms with Crippen molar-refractivity contribution in [2.75, 3.05) is 17.4 Å². The molecule has 196 valence electrons. The topological polar surface area (TPSA) is 86.8 Å². The first-order valence-corrected chi connectivity index (χ1v) is 13.6. The highest BCUT2D eigenvalue weighted by atomic mass is 35.5. The molecular weight excluding hydrogens is 517 g/mol. The third kappa shape index (κ3) is 7.08. The predicted molar refractivity (Wildman–Crippen MR) is 142 cm³/mol. The summed E-state index contributed by atoms with van der Waals surface area (Å²) in [5, 5.41) is 3.27. The molecule has 0 aliphatic heterocycles. The Labute approximate surface area is 221 Å². The van der Waals surface area contributed by atoms with E-state index in [1.807, 2.05) is 0 Å². The van der Waals surface area contributed by atoms with Gasteiger partial charge in [0.15, 0.2) is 0 Å². The molecule has 3 aromatic rings. The molecular formula is C27H29ClFN3O4S. The Morgan fingerprint density at radius 3 is 2.14 bits per heavy atom. The van der Waals surface area contributed by atoms with E-state index in [1.54, 1.807) is 56.3 Å². The number of amides is 2. The number of anilines is 1. The lowest BCUT2D eigenvalue weighted by Gasteiger charge is -2.33. The highest BCUT2D eigenvalue weighted by molar-refractivity contribution is 7.92. The highest BCUT2D eigenvalue weighted by Crippen LogP contribution is 2.25. The largest absolute Gasteiger partial charge is 0.355 e. The van der Waals surface area contributed by atoms with Gasteiger partial charge in [-0.2, -0.15) is 0 Å². The summed E-state index contributed by atoms with van der Waals surface area (Å²) in [4.78, 5) is 28.0. The second-order valence-electron chi connectivity index (χ2n) is 8.27. The van der Waals surface area contributed by atoms with Crippen molar-refractivity contribution in [3.63, 3.8) is 0 Å². The van der Waals surface area contributed by atoms with Crippen molar-refractivity contribution in [3.8, 4) is 0 Å². The number of carbonyl (C=O) groups excluding carboxylic acids is 2. The number of halogens is 2. The van der Waals surface area contributed by atoms with Gasteiger partial charge in [0.1, 0.15) is 18.4 Å².